The molecule has 1 nitrogen and oxygen atoms in total. The van der Waals surface area contributed by atoms with Gasteiger partial charge in [0, 0.05) is 31.4 Å². The minimum absolute atomic E-state index is 0.124. The maximum Gasteiger partial charge on any atom is 0.213 e. The Labute approximate surface area is 205 Å². The summed E-state index contributed by atoms with van der Waals surface area (Å²) >= 11 is 0. The van der Waals surface area contributed by atoms with E-state index in [-0.39, 0.29) is 11.0 Å². The minimum Gasteiger partial charge on any atom is -0.193 e. The number of aromatic nitrogens is 1. The third-order valence-corrected chi connectivity index (χ3v) is 7.88. The first-order chi connectivity index (χ1) is 16.3. The van der Waals surface area contributed by atoms with E-state index in [0.29, 0.717) is 0 Å². The van der Waals surface area contributed by atoms with E-state index >= 15 is 0 Å². The fraction of sp³-hybridized carbons (Fsp3) is 0.303. The molecule has 1 aliphatic rings. The second kappa shape index (κ2) is 8.55. The Morgan fingerprint density at radius 2 is 1.29 bits per heavy atom. The van der Waals surface area contributed by atoms with Crippen LogP contribution in [0, 0.1) is 0 Å². The predicted molar refractivity (Wildman–Crippen MR) is 144 cm³/mol. The van der Waals surface area contributed by atoms with Crippen LogP contribution in [0.3, 0.4) is 0 Å². The second-order valence-electron chi connectivity index (χ2n) is 10.8. The Morgan fingerprint density at radius 1 is 0.706 bits per heavy atom. The first-order valence-electron chi connectivity index (χ1n) is 12.7. The summed E-state index contributed by atoms with van der Waals surface area (Å²) in [6.07, 6.45) is 5.72. The molecule has 0 saturated heterocycles. The minimum atomic E-state index is 0.124. The maximum absolute atomic E-state index is 2.58. The molecule has 3 aromatic carbocycles. The van der Waals surface area contributed by atoms with Gasteiger partial charge in [-0.25, -0.2) is 0 Å². The van der Waals surface area contributed by atoms with Gasteiger partial charge in [-0.05, 0) is 44.9 Å². The number of benzene rings is 3. The molecule has 2 heterocycles. The zero-order chi connectivity index (χ0) is 23.9. The van der Waals surface area contributed by atoms with Crippen LogP contribution in [0.5, 0.6) is 0 Å². The molecule has 34 heavy (non-hydrogen) atoms. The van der Waals surface area contributed by atoms with Crippen LogP contribution in [0.2, 0.25) is 0 Å². The summed E-state index contributed by atoms with van der Waals surface area (Å²) in [6.45, 7) is 11.6. The first kappa shape index (κ1) is 22.6. The molecule has 5 rings (SSSR count). The van der Waals surface area contributed by atoms with Gasteiger partial charge in [0.2, 0.25) is 5.69 Å². The lowest BCUT2D eigenvalue weighted by molar-refractivity contribution is -0.758. The van der Waals surface area contributed by atoms with Gasteiger partial charge in [0.1, 0.15) is 0 Å². The lowest BCUT2D eigenvalue weighted by Gasteiger charge is -2.34. The number of rotatable bonds is 4. The largest absolute Gasteiger partial charge is 0.213 e. The maximum atomic E-state index is 2.58. The molecule has 0 spiro atoms. The van der Waals surface area contributed by atoms with Gasteiger partial charge in [-0.1, -0.05) is 101 Å². The average Bonchev–Trinajstić information content (AvgIpc) is 2.87. The topological polar surface area (TPSA) is 3.88 Å². The van der Waals surface area contributed by atoms with Gasteiger partial charge in [0.25, 0.3) is 0 Å². The summed E-state index contributed by atoms with van der Waals surface area (Å²) in [5, 5.41) is 0. The molecular formula is C33H36N+. The summed E-state index contributed by atoms with van der Waals surface area (Å²) in [4.78, 5) is 0. The van der Waals surface area contributed by atoms with E-state index < -0.39 is 0 Å². The van der Waals surface area contributed by atoms with E-state index in [4.69, 9.17) is 0 Å². The summed E-state index contributed by atoms with van der Waals surface area (Å²) in [5.41, 5.74) is 11.0. The monoisotopic (exact) mass is 446 g/mol. The van der Waals surface area contributed by atoms with Crippen LogP contribution >= 0.6 is 0 Å². The number of pyridine rings is 1. The van der Waals surface area contributed by atoms with Crippen molar-refractivity contribution in [1.29, 1.82) is 0 Å². The van der Waals surface area contributed by atoms with Crippen molar-refractivity contribution in [1.82, 2.24) is 0 Å². The fourth-order valence-electron chi connectivity index (χ4n) is 5.50. The van der Waals surface area contributed by atoms with Crippen LogP contribution in [0.4, 0.5) is 0 Å². The van der Waals surface area contributed by atoms with Crippen molar-refractivity contribution in [3.8, 4) is 33.5 Å². The van der Waals surface area contributed by atoms with Crippen molar-refractivity contribution in [2.45, 2.75) is 64.8 Å². The Hall–Kier alpha value is -3.19. The number of hydrogen-bond acceptors (Lipinski definition) is 0. The Morgan fingerprint density at radius 3 is 1.91 bits per heavy atom. The van der Waals surface area contributed by atoms with E-state index in [1.54, 1.807) is 0 Å². The molecular weight excluding hydrogens is 410 g/mol. The third kappa shape index (κ3) is 3.88. The highest BCUT2D eigenvalue weighted by atomic mass is 15.1. The van der Waals surface area contributed by atoms with Gasteiger partial charge in [-0.2, -0.15) is 4.57 Å². The average molecular weight is 447 g/mol. The SMILES string of the molecule is CCC1(CC)Cc2ccc(-c3ccc(-c4ccccc4)cc3)cc2-c2cc(C(C)(C)C)cc[n+]21. The van der Waals surface area contributed by atoms with Crippen molar-refractivity contribution >= 4 is 0 Å². The van der Waals surface area contributed by atoms with Crippen LogP contribution < -0.4 is 4.57 Å². The standard InChI is InChI=1S/C33H36N/c1-6-33(7-2)23-28-18-17-27(26-15-13-25(14-16-26)24-11-9-8-10-12-24)21-30(28)31-22-29(32(3,4)5)19-20-34(31)33/h8-22H,6-7,23H2,1-5H3/q+1. The molecule has 0 aliphatic carbocycles. The lowest BCUT2D eigenvalue weighted by Crippen LogP contribution is -2.60. The highest BCUT2D eigenvalue weighted by Crippen LogP contribution is 2.39. The summed E-state index contributed by atoms with van der Waals surface area (Å²) in [5.74, 6) is 0. The smallest absolute Gasteiger partial charge is 0.193 e. The van der Waals surface area contributed by atoms with Crippen molar-refractivity contribution < 1.29 is 4.57 Å². The molecule has 0 amide bonds. The van der Waals surface area contributed by atoms with Gasteiger partial charge in [0.05, 0.1) is 5.56 Å². The molecule has 0 N–H and O–H groups in total. The van der Waals surface area contributed by atoms with Gasteiger partial charge in [-0.15, -0.1) is 0 Å². The van der Waals surface area contributed by atoms with Crippen LogP contribution in [-0.4, -0.2) is 0 Å². The molecule has 0 saturated carbocycles. The van der Waals surface area contributed by atoms with E-state index in [0.717, 1.165) is 19.3 Å². The van der Waals surface area contributed by atoms with Crippen LogP contribution in [0.15, 0.2) is 91.1 Å². The van der Waals surface area contributed by atoms with Gasteiger partial charge < -0.3 is 0 Å². The molecule has 0 bridgehead atoms. The zero-order valence-corrected chi connectivity index (χ0v) is 21.2. The van der Waals surface area contributed by atoms with Gasteiger partial charge in [-0.3, -0.25) is 0 Å². The molecule has 1 aliphatic heterocycles. The summed E-state index contributed by atoms with van der Waals surface area (Å²) in [7, 11) is 0. The van der Waals surface area contributed by atoms with Crippen molar-refractivity contribution in [2.24, 2.45) is 0 Å². The highest BCUT2D eigenvalue weighted by Gasteiger charge is 2.43. The van der Waals surface area contributed by atoms with E-state index in [2.05, 4.69) is 130 Å². The van der Waals surface area contributed by atoms with Crippen molar-refractivity contribution in [3.63, 3.8) is 0 Å². The van der Waals surface area contributed by atoms with E-state index in [1.807, 2.05) is 0 Å². The summed E-state index contributed by atoms with van der Waals surface area (Å²) < 4.78 is 2.58. The van der Waals surface area contributed by atoms with Crippen molar-refractivity contribution in [3.05, 3.63) is 102 Å². The number of nitrogens with zero attached hydrogens (tertiary/aromatic N) is 1. The molecule has 0 fully saturated rings. The van der Waals surface area contributed by atoms with E-state index in [9.17, 15) is 0 Å². The molecule has 1 heteroatoms. The van der Waals surface area contributed by atoms with Gasteiger partial charge >= 0.3 is 0 Å². The molecule has 172 valence electrons. The third-order valence-electron chi connectivity index (χ3n) is 7.88. The Kier molecular flexibility index (Phi) is 5.68. The van der Waals surface area contributed by atoms with Crippen molar-refractivity contribution in [2.75, 3.05) is 0 Å². The number of fused-ring (bicyclic) bond motifs is 3. The fourth-order valence-corrected chi connectivity index (χ4v) is 5.50. The normalized spacial score (nSPS) is 14.4. The van der Waals surface area contributed by atoms with Crippen LogP contribution in [0.25, 0.3) is 33.5 Å². The zero-order valence-electron chi connectivity index (χ0n) is 21.2. The first-order valence-corrected chi connectivity index (χ1v) is 12.7. The second-order valence-corrected chi connectivity index (χ2v) is 10.8. The lowest BCUT2D eigenvalue weighted by atomic mass is 9.77. The molecule has 0 atom stereocenters. The highest BCUT2D eigenvalue weighted by molar-refractivity contribution is 5.76. The van der Waals surface area contributed by atoms with Gasteiger partial charge in [0.15, 0.2) is 11.7 Å². The molecule has 0 radical (unpaired) electrons. The predicted octanol–water partition coefficient (Wildman–Crippen LogP) is 8.34. The Balaban J connectivity index is 1.61. The Bertz CT molecular complexity index is 1300. The molecule has 1 aromatic heterocycles. The molecule has 0 unspecified atom stereocenters. The quantitative estimate of drug-likeness (QED) is 0.277. The van der Waals surface area contributed by atoms with Crippen LogP contribution in [0.1, 0.15) is 58.6 Å². The number of hydrogen-bond donors (Lipinski definition) is 0. The van der Waals surface area contributed by atoms with Crippen LogP contribution in [-0.2, 0) is 17.4 Å². The molecule has 4 aromatic rings. The summed E-state index contributed by atoms with van der Waals surface area (Å²) in [6, 6.07) is 31.5. The van der Waals surface area contributed by atoms with E-state index in [1.165, 1.54) is 44.6 Å².